The lowest BCUT2D eigenvalue weighted by Gasteiger charge is -2.18. The number of nitriles is 2. The SMILES string of the molecule is CC(=C(C#N)C#N)c1ccc2cc(N(C)CCSF)ccc2c1. The van der Waals surface area contributed by atoms with Gasteiger partial charge in [-0.25, -0.2) is 0 Å². The Morgan fingerprint density at radius 1 is 1.13 bits per heavy atom. The van der Waals surface area contributed by atoms with Crippen LogP contribution in [-0.2, 0) is 0 Å². The van der Waals surface area contributed by atoms with E-state index in [0.717, 1.165) is 22.0 Å². The van der Waals surface area contributed by atoms with E-state index in [9.17, 15) is 3.89 Å². The van der Waals surface area contributed by atoms with Gasteiger partial charge in [-0.3, -0.25) is 0 Å². The van der Waals surface area contributed by atoms with Crippen molar-refractivity contribution in [2.45, 2.75) is 6.92 Å². The molecule has 0 unspecified atom stereocenters. The fourth-order valence-corrected chi connectivity index (χ4v) is 2.68. The summed E-state index contributed by atoms with van der Waals surface area (Å²) in [6, 6.07) is 15.7. The summed E-state index contributed by atoms with van der Waals surface area (Å²) in [5.41, 5.74) is 2.70. The average Bonchev–Trinajstić information content (AvgIpc) is 2.59. The largest absolute Gasteiger partial charge is 0.374 e. The molecule has 0 saturated heterocycles. The predicted molar refractivity (Wildman–Crippen MR) is 94.6 cm³/mol. The number of benzene rings is 2. The molecule has 0 spiro atoms. The van der Waals surface area contributed by atoms with E-state index in [1.54, 1.807) is 6.92 Å². The maximum atomic E-state index is 12.2. The van der Waals surface area contributed by atoms with Crippen molar-refractivity contribution < 1.29 is 3.89 Å². The number of hydrogen-bond acceptors (Lipinski definition) is 4. The molecule has 0 saturated carbocycles. The zero-order valence-electron chi connectivity index (χ0n) is 13.0. The second-order valence-corrected chi connectivity index (χ2v) is 5.83. The smallest absolute Gasteiger partial charge is 0.133 e. The third kappa shape index (κ3) is 3.83. The Labute approximate surface area is 139 Å². The summed E-state index contributed by atoms with van der Waals surface area (Å²) >= 11 is 0.341. The van der Waals surface area contributed by atoms with E-state index >= 15 is 0 Å². The summed E-state index contributed by atoms with van der Waals surface area (Å²) < 4.78 is 12.2. The van der Waals surface area contributed by atoms with Crippen LogP contribution in [0.3, 0.4) is 0 Å². The highest BCUT2D eigenvalue weighted by Crippen LogP contribution is 2.26. The van der Waals surface area contributed by atoms with E-state index in [1.165, 1.54) is 0 Å². The lowest BCUT2D eigenvalue weighted by Crippen LogP contribution is -2.19. The van der Waals surface area contributed by atoms with E-state index in [1.807, 2.05) is 54.4 Å². The van der Waals surface area contributed by atoms with Gasteiger partial charge in [0.15, 0.2) is 0 Å². The Bertz CT molecular complexity index is 814. The van der Waals surface area contributed by atoms with Crippen LogP contribution in [0.25, 0.3) is 16.3 Å². The summed E-state index contributed by atoms with van der Waals surface area (Å²) in [5.74, 6) is 0.433. The summed E-state index contributed by atoms with van der Waals surface area (Å²) in [5, 5.41) is 20.1. The van der Waals surface area contributed by atoms with Crippen LogP contribution in [0.15, 0.2) is 42.0 Å². The fourth-order valence-electron chi connectivity index (χ4n) is 2.34. The number of anilines is 1. The molecule has 2 aromatic carbocycles. The molecule has 23 heavy (non-hydrogen) atoms. The van der Waals surface area contributed by atoms with Gasteiger partial charge in [0.1, 0.15) is 17.7 Å². The number of halogens is 1. The lowest BCUT2D eigenvalue weighted by molar-refractivity contribution is 0.911. The normalized spacial score (nSPS) is 9.96. The molecule has 0 atom stereocenters. The molecular formula is C18H16FN3S. The van der Waals surface area contributed by atoms with Crippen molar-refractivity contribution in [2.24, 2.45) is 0 Å². The third-order valence-electron chi connectivity index (χ3n) is 3.80. The van der Waals surface area contributed by atoms with Crippen LogP contribution in [0, 0.1) is 22.7 Å². The molecule has 0 fully saturated rings. The number of nitrogens with zero attached hydrogens (tertiary/aromatic N) is 3. The molecule has 2 aromatic rings. The Kier molecular flexibility index (Phi) is 5.62. The highest BCUT2D eigenvalue weighted by atomic mass is 32.2. The molecule has 0 N–H and O–H groups in total. The first-order valence-electron chi connectivity index (χ1n) is 7.10. The zero-order valence-corrected chi connectivity index (χ0v) is 13.8. The standard InChI is InChI=1S/C18H16FN3S/c1-13(17(11-20)12-21)14-3-4-16-10-18(6-5-15(16)9-14)22(2)7-8-23-19/h3-6,9-10H,7-8H2,1-2H3. The molecule has 116 valence electrons. The Hall–Kier alpha value is -2.50. The summed E-state index contributed by atoms with van der Waals surface area (Å²) in [4.78, 5) is 2.01. The molecule has 0 heterocycles. The first-order valence-corrected chi connectivity index (χ1v) is 7.99. The van der Waals surface area contributed by atoms with Crippen LogP contribution in [0.2, 0.25) is 0 Å². The van der Waals surface area contributed by atoms with Gasteiger partial charge in [-0.1, -0.05) is 18.2 Å². The van der Waals surface area contributed by atoms with Crippen molar-refractivity contribution in [1.82, 2.24) is 0 Å². The molecule has 2 rings (SSSR count). The maximum Gasteiger partial charge on any atom is 0.133 e. The summed E-state index contributed by atoms with van der Waals surface area (Å²) in [6.07, 6.45) is 0. The minimum absolute atomic E-state index is 0.129. The second-order valence-electron chi connectivity index (χ2n) is 5.20. The minimum Gasteiger partial charge on any atom is -0.374 e. The van der Waals surface area contributed by atoms with Crippen molar-refractivity contribution in [3.63, 3.8) is 0 Å². The molecular weight excluding hydrogens is 309 g/mol. The molecule has 0 aliphatic carbocycles. The highest BCUT2D eigenvalue weighted by molar-refractivity contribution is 7.94. The fraction of sp³-hybridized carbons (Fsp3) is 0.222. The molecule has 5 heteroatoms. The number of hydrogen-bond donors (Lipinski definition) is 0. The summed E-state index contributed by atoms with van der Waals surface area (Å²) in [7, 11) is 1.94. The van der Waals surface area contributed by atoms with E-state index in [-0.39, 0.29) is 5.57 Å². The van der Waals surface area contributed by atoms with Crippen LogP contribution in [0.5, 0.6) is 0 Å². The van der Waals surface area contributed by atoms with Gasteiger partial charge in [0, 0.05) is 37.2 Å². The molecule has 0 aliphatic heterocycles. The van der Waals surface area contributed by atoms with Gasteiger partial charge in [0.05, 0.1) is 0 Å². The molecule has 3 nitrogen and oxygen atoms in total. The monoisotopic (exact) mass is 325 g/mol. The van der Waals surface area contributed by atoms with E-state index < -0.39 is 0 Å². The number of allylic oxidation sites excluding steroid dienone is 2. The Morgan fingerprint density at radius 2 is 1.78 bits per heavy atom. The average molecular weight is 325 g/mol. The van der Waals surface area contributed by atoms with Crippen molar-refractivity contribution in [3.05, 3.63) is 47.5 Å². The molecule has 0 amide bonds. The second kappa shape index (κ2) is 7.67. The quantitative estimate of drug-likeness (QED) is 0.747. The van der Waals surface area contributed by atoms with Gasteiger partial charge in [-0.05, 0) is 47.0 Å². The van der Waals surface area contributed by atoms with Gasteiger partial charge < -0.3 is 4.90 Å². The van der Waals surface area contributed by atoms with Crippen molar-refractivity contribution >= 4 is 34.2 Å². The first kappa shape index (κ1) is 16.9. The van der Waals surface area contributed by atoms with Crippen LogP contribution in [-0.4, -0.2) is 19.3 Å². The Balaban J connectivity index is 2.39. The zero-order chi connectivity index (χ0) is 16.8. The van der Waals surface area contributed by atoms with E-state index in [4.69, 9.17) is 10.5 Å². The number of fused-ring (bicyclic) bond motifs is 1. The summed E-state index contributed by atoms with van der Waals surface area (Å²) in [6.45, 7) is 2.42. The van der Waals surface area contributed by atoms with Crippen LogP contribution >= 0.6 is 12.1 Å². The van der Waals surface area contributed by atoms with E-state index in [2.05, 4.69) is 6.07 Å². The first-order chi connectivity index (χ1) is 11.1. The van der Waals surface area contributed by atoms with Gasteiger partial charge in [0.2, 0.25) is 0 Å². The number of rotatable bonds is 5. The predicted octanol–water partition coefficient (Wildman–Crippen LogP) is 4.71. The maximum absolute atomic E-state index is 12.2. The highest BCUT2D eigenvalue weighted by Gasteiger charge is 2.07. The van der Waals surface area contributed by atoms with Gasteiger partial charge in [0.25, 0.3) is 0 Å². The molecule has 0 aliphatic rings. The van der Waals surface area contributed by atoms with Crippen LogP contribution < -0.4 is 4.90 Å². The molecule has 0 bridgehead atoms. The van der Waals surface area contributed by atoms with Crippen LogP contribution in [0.1, 0.15) is 12.5 Å². The topological polar surface area (TPSA) is 50.8 Å². The van der Waals surface area contributed by atoms with Gasteiger partial charge in [-0.15, -0.1) is 0 Å². The third-order valence-corrected chi connectivity index (χ3v) is 4.14. The van der Waals surface area contributed by atoms with Gasteiger partial charge >= 0.3 is 0 Å². The molecule has 0 radical (unpaired) electrons. The van der Waals surface area contributed by atoms with Crippen LogP contribution in [0.4, 0.5) is 9.57 Å². The van der Waals surface area contributed by atoms with E-state index in [0.29, 0.717) is 30.0 Å². The Morgan fingerprint density at radius 3 is 2.43 bits per heavy atom. The lowest BCUT2D eigenvalue weighted by atomic mass is 9.99. The molecule has 0 aromatic heterocycles. The van der Waals surface area contributed by atoms with Crippen molar-refractivity contribution in [2.75, 3.05) is 24.2 Å². The van der Waals surface area contributed by atoms with Crippen molar-refractivity contribution in [3.8, 4) is 12.1 Å². The van der Waals surface area contributed by atoms with Crippen molar-refractivity contribution in [1.29, 1.82) is 10.5 Å². The minimum atomic E-state index is 0.129. The van der Waals surface area contributed by atoms with Gasteiger partial charge in [-0.2, -0.15) is 14.4 Å².